The van der Waals surface area contributed by atoms with Gasteiger partial charge in [-0.15, -0.1) is 0 Å². The summed E-state index contributed by atoms with van der Waals surface area (Å²) in [5, 5.41) is 2.30. The van der Waals surface area contributed by atoms with Gasteiger partial charge in [-0.3, -0.25) is 4.90 Å². The molecule has 0 unspecified atom stereocenters. The lowest BCUT2D eigenvalue weighted by atomic mass is 10.2. The van der Waals surface area contributed by atoms with E-state index < -0.39 is 46.9 Å². The first-order valence-electron chi connectivity index (χ1n) is 10.6. The van der Waals surface area contributed by atoms with Crippen LogP contribution in [0.5, 0.6) is 0 Å². The molecule has 13 heteroatoms. The van der Waals surface area contributed by atoms with Crippen LogP contribution >= 0.6 is 12.2 Å². The number of nitrogens with zero attached hydrogens (tertiary/aromatic N) is 3. The molecule has 0 aliphatic carbocycles. The van der Waals surface area contributed by atoms with Gasteiger partial charge < -0.3 is 24.6 Å². The normalized spacial score (nSPS) is 18.9. The van der Waals surface area contributed by atoms with Gasteiger partial charge in [-0.25, -0.2) is 27.2 Å². The van der Waals surface area contributed by atoms with Crippen LogP contribution in [-0.2, 0) is 9.47 Å². The quantitative estimate of drug-likeness (QED) is 0.484. The molecule has 1 aromatic carbocycles. The Bertz CT molecular complexity index is 928. The largest absolute Gasteiger partial charge is 0.444 e. The average Bonchev–Trinajstić information content (AvgIpc) is 3.11. The monoisotopic (exact) mass is 506 g/mol. The van der Waals surface area contributed by atoms with Crippen molar-refractivity contribution in [2.75, 3.05) is 49.1 Å². The number of halogens is 4. The number of ether oxygens (including phenoxy) is 2. The topological polar surface area (TPSA) is 74.3 Å². The number of piperazine rings is 1. The van der Waals surface area contributed by atoms with Crippen LogP contribution in [0.4, 0.5) is 38.5 Å². The molecule has 8 nitrogen and oxygen atoms in total. The molecule has 1 atom stereocenters. The van der Waals surface area contributed by atoms with Crippen molar-refractivity contribution < 1.29 is 36.6 Å². The number of carbonyl (C=O) groups is 2. The third-order valence-electron chi connectivity index (χ3n) is 5.14. The highest BCUT2D eigenvalue weighted by molar-refractivity contribution is 7.80. The molecule has 0 radical (unpaired) electrons. The molecular formula is C21H26F4N4O4S. The Labute approximate surface area is 199 Å². The Morgan fingerprint density at radius 2 is 1.79 bits per heavy atom. The Morgan fingerprint density at radius 3 is 2.32 bits per heavy atom. The highest BCUT2D eigenvalue weighted by Gasteiger charge is 2.34. The van der Waals surface area contributed by atoms with E-state index in [-0.39, 0.29) is 50.6 Å². The van der Waals surface area contributed by atoms with Gasteiger partial charge in [-0.2, -0.15) is 0 Å². The van der Waals surface area contributed by atoms with Crippen molar-refractivity contribution in [3.05, 3.63) is 23.8 Å². The minimum Gasteiger partial charge on any atom is -0.444 e. The van der Waals surface area contributed by atoms with Gasteiger partial charge in [0.25, 0.3) is 6.43 Å². The Kier molecular flexibility index (Phi) is 7.74. The third kappa shape index (κ3) is 6.19. The van der Waals surface area contributed by atoms with Crippen LogP contribution < -0.4 is 15.1 Å². The summed E-state index contributed by atoms with van der Waals surface area (Å²) in [5.74, 6) is -1.76. The molecule has 3 rings (SSSR count). The number of cyclic esters (lactones) is 1. The Hall–Kier alpha value is -2.83. The second-order valence-electron chi connectivity index (χ2n) is 8.87. The Morgan fingerprint density at radius 1 is 1.21 bits per heavy atom. The van der Waals surface area contributed by atoms with Gasteiger partial charge in [0.1, 0.15) is 22.4 Å². The van der Waals surface area contributed by atoms with Gasteiger partial charge in [0.15, 0.2) is 11.6 Å². The maximum absolute atomic E-state index is 14.9. The standard InChI is InChI=1S/C21H26F4N4O4S/c1-21(2,3)33-19(30)28-6-4-27(5-7-28)16-14(22)8-12(9-15(16)23)29-11-13(32-20(29)31)10-26-18(34)17(24)25/h8-9,13,17H,4-7,10-11H2,1-3H3,(H,26,34)/t13-/m1/s1. The van der Waals surface area contributed by atoms with Crippen molar-refractivity contribution in [2.24, 2.45) is 0 Å². The van der Waals surface area contributed by atoms with Crippen LogP contribution in [0.1, 0.15) is 20.8 Å². The number of thiocarbonyl (C=S) groups is 1. The van der Waals surface area contributed by atoms with E-state index in [9.17, 15) is 27.2 Å². The van der Waals surface area contributed by atoms with Crippen LogP contribution in [0, 0.1) is 11.6 Å². The van der Waals surface area contributed by atoms with Crippen LogP contribution in [0.15, 0.2) is 12.1 Å². The molecule has 2 aliphatic heterocycles. The first-order chi connectivity index (χ1) is 15.9. The van der Waals surface area contributed by atoms with E-state index in [2.05, 4.69) is 17.5 Å². The van der Waals surface area contributed by atoms with Gasteiger partial charge in [-0.1, -0.05) is 12.2 Å². The molecule has 2 saturated heterocycles. The number of amides is 2. The van der Waals surface area contributed by atoms with Crippen molar-refractivity contribution >= 4 is 40.8 Å². The zero-order valence-corrected chi connectivity index (χ0v) is 19.8. The summed E-state index contributed by atoms with van der Waals surface area (Å²) in [5.41, 5.74) is -0.973. The number of hydrogen-bond acceptors (Lipinski definition) is 6. The third-order valence-corrected chi connectivity index (χ3v) is 5.46. The average molecular weight is 507 g/mol. The van der Waals surface area contributed by atoms with Gasteiger partial charge in [0, 0.05) is 38.3 Å². The minimum atomic E-state index is -2.84. The number of nitrogens with one attached hydrogen (secondary N) is 1. The molecule has 2 aliphatic rings. The number of benzene rings is 1. The zero-order chi connectivity index (χ0) is 25.2. The van der Waals surface area contributed by atoms with Gasteiger partial charge in [-0.05, 0) is 20.8 Å². The maximum Gasteiger partial charge on any atom is 0.414 e. The van der Waals surface area contributed by atoms with Gasteiger partial charge in [0.2, 0.25) is 0 Å². The predicted octanol–water partition coefficient (Wildman–Crippen LogP) is 3.53. The molecule has 1 N–H and O–H groups in total. The SMILES string of the molecule is CC(C)(C)OC(=O)N1CCN(c2c(F)cc(N3C[C@@H](CNC(=S)C(F)F)OC3=O)cc2F)CC1. The fourth-order valence-corrected chi connectivity index (χ4v) is 3.66. The number of hydrogen-bond donors (Lipinski definition) is 1. The predicted molar refractivity (Wildman–Crippen MR) is 121 cm³/mol. The highest BCUT2D eigenvalue weighted by Crippen LogP contribution is 2.31. The molecule has 2 amide bonds. The number of alkyl halides is 2. The summed E-state index contributed by atoms with van der Waals surface area (Å²) < 4.78 is 65.2. The summed E-state index contributed by atoms with van der Waals surface area (Å²) in [4.78, 5) is 27.7. The van der Waals surface area contributed by atoms with Crippen molar-refractivity contribution in [3.8, 4) is 0 Å². The molecule has 2 heterocycles. The van der Waals surface area contributed by atoms with Crippen LogP contribution in [0.2, 0.25) is 0 Å². The van der Waals surface area contributed by atoms with Gasteiger partial charge in [0.05, 0.1) is 18.8 Å². The minimum absolute atomic E-state index is 0.0601. The smallest absolute Gasteiger partial charge is 0.414 e. The molecule has 0 bridgehead atoms. The first-order valence-corrected chi connectivity index (χ1v) is 11.0. The number of rotatable bonds is 5. The van der Waals surface area contributed by atoms with E-state index in [0.29, 0.717) is 0 Å². The fraction of sp³-hybridized carbons (Fsp3) is 0.571. The second-order valence-corrected chi connectivity index (χ2v) is 9.31. The highest BCUT2D eigenvalue weighted by atomic mass is 32.1. The molecule has 0 spiro atoms. The summed E-state index contributed by atoms with van der Waals surface area (Å²) in [6, 6.07) is 2.03. The maximum atomic E-state index is 14.9. The summed E-state index contributed by atoms with van der Waals surface area (Å²) in [6.07, 6.45) is -5.01. The molecule has 2 fully saturated rings. The molecule has 0 saturated carbocycles. The van der Waals surface area contributed by atoms with Crippen molar-refractivity contribution in [3.63, 3.8) is 0 Å². The molecule has 1 aromatic rings. The van der Waals surface area contributed by atoms with Gasteiger partial charge >= 0.3 is 12.2 Å². The Balaban J connectivity index is 1.64. The zero-order valence-electron chi connectivity index (χ0n) is 18.9. The van der Waals surface area contributed by atoms with E-state index >= 15 is 0 Å². The van der Waals surface area contributed by atoms with Crippen LogP contribution in [-0.4, -0.2) is 79.5 Å². The van der Waals surface area contributed by atoms with Crippen molar-refractivity contribution in [1.82, 2.24) is 10.2 Å². The van der Waals surface area contributed by atoms with Crippen molar-refractivity contribution in [1.29, 1.82) is 0 Å². The molecule has 0 aromatic heterocycles. The van der Waals surface area contributed by atoms with Crippen LogP contribution in [0.25, 0.3) is 0 Å². The van der Waals surface area contributed by atoms with E-state index in [0.717, 1.165) is 17.0 Å². The molecular weight excluding hydrogens is 480 g/mol. The van der Waals surface area contributed by atoms with E-state index in [1.165, 1.54) is 9.80 Å². The van der Waals surface area contributed by atoms with E-state index in [4.69, 9.17) is 9.47 Å². The lowest BCUT2D eigenvalue weighted by molar-refractivity contribution is 0.0240. The molecule has 34 heavy (non-hydrogen) atoms. The first kappa shape index (κ1) is 25.8. The summed E-state index contributed by atoms with van der Waals surface area (Å²) in [6.45, 7) is 5.83. The lowest BCUT2D eigenvalue weighted by Crippen LogP contribution is -2.50. The second kappa shape index (κ2) is 10.2. The van der Waals surface area contributed by atoms with E-state index in [1.54, 1.807) is 20.8 Å². The van der Waals surface area contributed by atoms with Crippen molar-refractivity contribution in [2.45, 2.75) is 38.9 Å². The summed E-state index contributed by atoms with van der Waals surface area (Å²) >= 11 is 4.47. The number of anilines is 2. The lowest BCUT2D eigenvalue weighted by Gasteiger charge is -2.37. The molecule has 188 valence electrons. The fourth-order valence-electron chi connectivity index (χ4n) is 3.58. The number of carbonyl (C=O) groups excluding carboxylic acids is 2. The van der Waals surface area contributed by atoms with Crippen LogP contribution in [0.3, 0.4) is 0 Å². The van der Waals surface area contributed by atoms with E-state index in [1.807, 2.05) is 0 Å². The summed E-state index contributed by atoms with van der Waals surface area (Å²) in [7, 11) is 0.